The van der Waals surface area contributed by atoms with E-state index in [1.54, 1.807) is 0 Å². The maximum Gasteiger partial charge on any atom is 0.193 e. The van der Waals surface area contributed by atoms with E-state index >= 15 is 0 Å². The summed E-state index contributed by atoms with van der Waals surface area (Å²) in [4.78, 5) is 4.53. The Bertz CT molecular complexity index is 508. The van der Waals surface area contributed by atoms with Crippen LogP contribution in [0.15, 0.2) is 29.3 Å². The highest BCUT2D eigenvalue weighted by Gasteiger charge is 2.35. The highest BCUT2D eigenvalue weighted by Crippen LogP contribution is 2.34. The zero-order chi connectivity index (χ0) is 16.2. The molecule has 4 nitrogen and oxygen atoms in total. The van der Waals surface area contributed by atoms with Gasteiger partial charge in [0, 0.05) is 24.8 Å². The molecule has 0 saturated carbocycles. The molecule has 0 radical (unpaired) electrons. The van der Waals surface area contributed by atoms with Gasteiger partial charge in [0.2, 0.25) is 0 Å². The molecule has 2 rings (SSSR count). The maximum atomic E-state index is 6.01. The van der Waals surface area contributed by atoms with Crippen molar-refractivity contribution in [1.29, 1.82) is 0 Å². The molecule has 0 aromatic heterocycles. The van der Waals surface area contributed by atoms with E-state index in [1.165, 1.54) is 5.56 Å². The molecular weight excluding hydrogens is 401 g/mol. The topological polar surface area (TPSA) is 59.6 Å². The lowest BCUT2D eigenvalue weighted by Crippen LogP contribution is -2.41. The highest BCUT2D eigenvalue weighted by molar-refractivity contribution is 14.0. The first-order valence-electron chi connectivity index (χ1n) is 8.11. The summed E-state index contributed by atoms with van der Waals surface area (Å²) in [6.07, 6.45) is 2.51. The number of nitrogens with two attached hydrogens (primary N) is 1. The molecule has 1 heterocycles. The molecule has 1 saturated heterocycles. The molecule has 3 N–H and O–H groups in total. The molecule has 0 amide bonds. The van der Waals surface area contributed by atoms with Crippen LogP contribution in [0, 0.1) is 18.3 Å². The minimum Gasteiger partial charge on any atom is -0.377 e. The van der Waals surface area contributed by atoms with Crippen LogP contribution in [0.25, 0.3) is 0 Å². The van der Waals surface area contributed by atoms with Gasteiger partial charge in [-0.25, -0.2) is 0 Å². The molecule has 0 bridgehead atoms. The standard InChI is InChI=1S/C18H29N3O.HI/c1-13-7-9-15(10-8-13)21-17(19)20-12-14-6-5-11-22-16(14)18(2,3)4;/h7-10,14,16H,5-6,11-12H2,1-4H3,(H3,19,20,21);1H. The number of ether oxygens (including phenoxy) is 1. The number of anilines is 1. The fourth-order valence-corrected chi connectivity index (χ4v) is 3.03. The van der Waals surface area contributed by atoms with E-state index < -0.39 is 0 Å². The Morgan fingerprint density at radius 2 is 1.96 bits per heavy atom. The molecule has 1 aliphatic heterocycles. The van der Waals surface area contributed by atoms with Crippen molar-refractivity contribution in [2.24, 2.45) is 22.1 Å². The number of hydrogen-bond acceptors (Lipinski definition) is 2. The summed E-state index contributed by atoms with van der Waals surface area (Å²) < 4.78 is 5.99. The van der Waals surface area contributed by atoms with Crippen LogP contribution in [-0.4, -0.2) is 25.2 Å². The zero-order valence-electron chi connectivity index (χ0n) is 14.6. The van der Waals surface area contributed by atoms with E-state index in [-0.39, 0.29) is 35.5 Å². The quantitative estimate of drug-likeness (QED) is 0.429. The molecule has 23 heavy (non-hydrogen) atoms. The predicted octanol–water partition coefficient (Wildman–Crippen LogP) is 4.18. The molecule has 1 aliphatic rings. The normalized spacial score (nSPS) is 22.3. The average molecular weight is 431 g/mol. The summed E-state index contributed by atoms with van der Waals surface area (Å²) in [5, 5.41) is 3.15. The lowest BCUT2D eigenvalue weighted by molar-refractivity contribution is -0.0823. The molecular formula is C18H30IN3O. The minimum absolute atomic E-state index is 0. The lowest BCUT2D eigenvalue weighted by atomic mass is 9.78. The number of rotatable bonds is 3. The van der Waals surface area contributed by atoms with E-state index in [4.69, 9.17) is 10.5 Å². The molecule has 2 unspecified atom stereocenters. The predicted molar refractivity (Wildman–Crippen MR) is 109 cm³/mol. The van der Waals surface area contributed by atoms with Crippen LogP contribution in [-0.2, 0) is 4.74 Å². The smallest absolute Gasteiger partial charge is 0.193 e. The van der Waals surface area contributed by atoms with Gasteiger partial charge in [0.05, 0.1) is 6.10 Å². The van der Waals surface area contributed by atoms with Crippen LogP contribution in [0.5, 0.6) is 0 Å². The van der Waals surface area contributed by atoms with Crippen molar-refractivity contribution in [2.75, 3.05) is 18.5 Å². The Labute approximate surface area is 157 Å². The first kappa shape index (κ1) is 20.2. The van der Waals surface area contributed by atoms with Gasteiger partial charge in [0.25, 0.3) is 0 Å². The van der Waals surface area contributed by atoms with E-state index in [0.717, 1.165) is 25.1 Å². The third-order valence-electron chi connectivity index (χ3n) is 4.12. The van der Waals surface area contributed by atoms with Crippen molar-refractivity contribution >= 4 is 35.6 Å². The molecule has 1 fully saturated rings. The zero-order valence-corrected chi connectivity index (χ0v) is 17.0. The van der Waals surface area contributed by atoms with Crippen molar-refractivity contribution in [3.05, 3.63) is 29.8 Å². The monoisotopic (exact) mass is 431 g/mol. The largest absolute Gasteiger partial charge is 0.377 e. The van der Waals surface area contributed by atoms with E-state index in [9.17, 15) is 0 Å². The van der Waals surface area contributed by atoms with E-state index in [2.05, 4.69) is 50.1 Å². The van der Waals surface area contributed by atoms with Gasteiger partial charge in [-0.3, -0.25) is 4.99 Å². The fraction of sp³-hybridized carbons (Fsp3) is 0.611. The Morgan fingerprint density at radius 3 is 2.57 bits per heavy atom. The number of benzene rings is 1. The lowest BCUT2D eigenvalue weighted by Gasteiger charge is -2.39. The first-order chi connectivity index (χ1) is 10.4. The van der Waals surface area contributed by atoms with Gasteiger partial charge < -0.3 is 15.8 Å². The van der Waals surface area contributed by atoms with Crippen LogP contribution in [0.3, 0.4) is 0 Å². The number of hydrogen-bond donors (Lipinski definition) is 2. The molecule has 130 valence electrons. The third kappa shape index (κ3) is 6.30. The number of halogens is 1. The van der Waals surface area contributed by atoms with Crippen LogP contribution in [0.1, 0.15) is 39.2 Å². The van der Waals surface area contributed by atoms with Crippen molar-refractivity contribution in [3.8, 4) is 0 Å². The van der Waals surface area contributed by atoms with Gasteiger partial charge in [0.1, 0.15) is 0 Å². The van der Waals surface area contributed by atoms with Gasteiger partial charge in [-0.15, -0.1) is 24.0 Å². The molecule has 0 spiro atoms. The summed E-state index contributed by atoms with van der Waals surface area (Å²) in [5.74, 6) is 0.911. The molecule has 1 aromatic rings. The van der Waals surface area contributed by atoms with E-state index in [0.29, 0.717) is 18.4 Å². The van der Waals surface area contributed by atoms with Crippen LogP contribution in [0.2, 0.25) is 0 Å². The van der Waals surface area contributed by atoms with Gasteiger partial charge in [-0.1, -0.05) is 38.5 Å². The van der Waals surface area contributed by atoms with Gasteiger partial charge in [-0.05, 0) is 37.3 Å². The number of aryl methyl sites for hydroxylation is 1. The summed E-state index contributed by atoms with van der Waals surface area (Å²) in [5.41, 5.74) is 8.35. The molecule has 1 aromatic carbocycles. The minimum atomic E-state index is 0. The Hall–Kier alpha value is -0.820. The Morgan fingerprint density at radius 1 is 1.30 bits per heavy atom. The Kier molecular flexibility index (Phi) is 7.80. The van der Waals surface area contributed by atoms with Crippen LogP contribution in [0.4, 0.5) is 5.69 Å². The number of guanidine groups is 1. The molecule has 0 aliphatic carbocycles. The van der Waals surface area contributed by atoms with Crippen molar-refractivity contribution in [1.82, 2.24) is 0 Å². The van der Waals surface area contributed by atoms with Gasteiger partial charge in [0.15, 0.2) is 5.96 Å². The van der Waals surface area contributed by atoms with Crippen molar-refractivity contribution in [2.45, 2.75) is 46.6 Å². The van der Waals surface area contributed by atoms with E-state index in [1.807, 2.05) is 12.1 Å². The number of nitrogens with one attached hydrogen (secondary N) is 1. The second-order valence-electron chi connectivity index (χ2n) is 7.28. The summed E-state index contributed by atoms with van der Waals surface area (Å²) in [6, 6.07) is 8.14. The van der Waals surface area contributed by atoms with Crippen LogP contribution >= 0.6 is 24.0 Å². The number of aliphatic imine (C=N–C) groups is 1. The summed E-state index contributed by atoms with van der Waals surface area (Å²) in [6.45, 7) is 10.3. The summed E-state index contributed by atoms with van der Waals surface area (Å²) in [7, 11) is 0. The second kappa shape index (κ2) is 8.87. The first-order valence-corrected chi connectivity index (χ1v) is 8.11. The summed E-state index contributed by atoms with van der Waals surface area (Å²) >= 11 is 0. The molecule has 2 atom stereocenters. The molecule has 5 heteroatoms. The fourth-order valence-electron chi connectivity index (χ4n) is 3.03. The van der Waals surface area contributed by atoms with Gasteiger partial charge >= 0.3 is 0 Å². The number of nitrogens with zero attached hydrogens (tertiary/aromatic N) is 1. The highest BCUT2D eigenvalue weighted by atomic mass is 127. The average Bonchev–Trinajstić information content (AvgIpc) is 2.47. The second-order valence-corrected chi connectivity index (χ2v) is 7.28. The third-order valence-corrected chi connectivity index (χ3v) is 4.12. The maximum absolute atomic E-state index is 6.01. The Balaban J connectivity index is 0.00000264. The SMILES string of the molecule is Cc1ccc(NC(N)=NCC2CCCOC2C(C)(C)C)cc1.I. The van der Waals surface area contributed by atoms with Crippen molar-refractivity contribution < 1.29 is 4.74 Å². The van der Waals surface area contributed by atoms with Crippen molar-refractivity contribution in [3.63, 3.8) is 0 Å². The van der Waals surface area contributed by atoms with Gasteiger partial charge in [-0.2, -0.15) is 0 Å². The van der Waals surface area contributed by atoms with Crippen LogP contribution < -0.4 is 11.1 Å².